The smallest absolute Gasteiger partial charge is 0.220 e. The second-order valence-corrected chi connectivity index (χ2v) is 32.0. The van der Waals surface area contributed by atoms with Crippen molar-refractivity contribution in [2.75, 3.05) is 26.4 Å². The topological polar surface area (TPSA) is 307 Å². The summed E-state index contributed by atoms with van der Waals surface area (Å²) in [7, 11) is 0. The van der Waals surface area contributed by atoms with Crippen molar-refractivity contribution in [3.63, 3.8) is 0 Å². The Morgan fingerprint density at radius 3 is 0.956 bits per heavy atom. The summed E-state index contributed by atoms with van der Waals surface area (Å²) in [5.41, 5.74) is 0. The Labute approximate surface area is 685 Å². The van der Waals surface area contributed by atoms with Crippen LogP contribution < -0.4 is 5.32 Å². The summed E-state index contributed by atoms with van der Waals surface area (Å²) in [4.78, 5) is 13.5. The molecule has 0 aromatic carbocycles. The Bertz CT molecular complexity index is 2460. The van der Waals surface area contributed by atoms with E-state index < -0.39 is 124 Å². The summed E-state index contributed by atoms with van der Waals surface area (Å²) < 4.78 is 34.5. The molecule has 0 saturated carbocycles. The van der Waals surface area contributed by atoms with Crippen molar-refractivity contribution in [1.82, 2.24) is 5.32 Å². The maximum atomic E-state index is 13.5. The number of hydrogen-bond acceptors (Lipinski definition) is 18. The lowest BCUT2D eigenvalue weighted by molar-refractivity contribution is -0.379. The van der Waals surface area contributed by atoms with Crippen LogP contribution in [0.3, 0.4) is 0 Å². The van der Waals surface area contributed by atoms with Gasteiger partial charge in [0.25, 0.3) is 0 Å². The Morgan fingerprint density at radius 2 is 0.611 bits per heavy atom. The molecule has 654 valence electrons. The van der Waals surface area contributed by atoms with Crippen molar-refractivity contribution >= 4 is 5.91 Å². The van der Waals surface area contributed by atoms with Crippen molar-refractivity contribution in [3.05, 3.63) is 109 Å². The van der Waals surface area contributed by atoms with E-state index in [0.29, 0.717) is 6.42 Å². The molecule has 0 bridgehead atoms. The van der Waals surface area contributed by atoms with E-state index in [4.69, 9.17) is 28.4 Å². The van der Waals surface area contributed by atoms with Gasteiger partial charge in [-0.3, -0.25) is 4.79 Å². The molecular formula is C94H165NO18. The van der Waals surface area contributed by atoms with Crippen LogP contribution in [-0.4, -0.2) is 193 Å². The lowest BCUT2D eigenvalue weighted by Crippen LogP contribution is -2.66. The highest BCUT2D eigenvalue weighted by atomic mass is 16.8. The van der Waals surface area contributed by atoms with Gasteiger partial charge in [0.05, 0.1) is 38.6 Å². The van der Waals surface area contributed by atoms with E-state index in [1.54, 1.807) is 6.08 Å². The van der Waals surface area contributed by atoms with Gasteiger partial charge in [-0.15, -0.1) is 0 Å². The molecule has 3 aliphatic rings. The number of nitrogens with one attached hydrogen (secondary N) is 1. The molecule has 3 rings (SSSR count). The summed E-state index contributed by atoms with van der Waals surface area (Å²) >= 11 is 0. The second-order valence-electron chi connectivity index (χ2n) is 32.0. The molecule has 0 aromatic heterocycles. The third-order valence-electron chi connectivity index (χ3n) is 22.1. The van der Waals surface area contributed by atoms with Crippen molar-refractivity contribution in [1.29, 1.82) is 0 Å². The predicted molar refractivity (Wildman–Crippen MR) is 457 cm³/mol. The molecule has 0 aromatic rings. The Hall–Kier alpha value is -3.55. The minimum absolute atomic E-state index is 0.240. The minimum Gasteiger partial charge on any atom is -0.394 e. The molecule has 17 unspecified atom stereocenters. The maximum Gasteiger partial charge on any atom is 0.220 e. The number of carbonyl (C=O) groups excluding carboxylic acids is 1. The van der Waals surface area contributed by atoms with Crippen LogP contribution in [-0.2, 0) is 33.2 Å². The zero-order chi connectivity index (χ0) is 81.7. The lowest BCUT2D eigenvalue weighted by Gasteiger charge is -2.48. The Kier molecular flexibility index (Phi) is 66.5. The van der Waals surface area contributed by atoms with Crippen LogP contribution in [0.2, 0.25) is 0 Å². The molecule has 0 radical (unpaired) electrons. The number of allylic oxidation sites excluding steroid dienone is 17. The van der Waals surface area contributed by atoms with Gasteiger partial charge in [-0.25, -0.2) is 0 Å². The second kappa shape index (κ2) is 72.5. The van der Waals surface area contributed by atoms with Crippen molar-refractivity contribution in [2.45, 2.75) is 452 Å². The van der Waals surface area contributed by atoms with Gasteiger partial charge in [-0.1, -0.05) is 367 Å². The van der Waals surface area contributed by atoms with Gasteiger partial charge < -0.3 is 89.9 Å². The first-order chi connectivity index (χ1) is 55.3. The van der Waals surface area contributed by atoms with E-state index in [9.17, 15) is 61.0 Å². The number of rotatable bonds is 73. The first kappa shape index (κ1) is 104. The van der Waals surface area contributed by atoms with E-state index in [-0.39, 0.29) is 18.9 Å². The zero-order valence-corrected chi connectivity index (χ0v) is 70.6. The van der Waals surface area contributed by atoms with Crippen LogP contribution in [0.5, 0.6) is 0 Å². The van der Waals surface area contributed by atoms with E-state index in [1.165, 1.54) is 225 Å². The molecule has 19 nitrogen and oxygen atoms in total. The molecule has 3 heterocycles. The van der Waals surface area contributed by atoms with Gasteiger partial charge in [0, 0.05) is 6.42 Å². The van der Waals surface area contributed by atoms with Crippen LogP contribution in [0.4, 0.5) is 0 Å². The number of unbranched alkanes of at least 4 members (excludes halogenated alkanes) is 41. The maximum absolute atomic E-state index is 13.5. The molecular weight excluding hydrogens is 1430 g/mol. The average Bonchev–Trinajstić information content (AvgIpc) is 0.777. The fraction of sp³-hybridized carbons (Fsp3) is 0.798. The molecule has 3 aliphatic heterocycles. The number of aliphatic hydroxyl groups is 11. The van der Waals surface area contributed by atoms with Crippen LogP contribution in [0, 0.1) is 0 Å². The van der Waals surface area contributed by atoms with Gasteiger partial charge in [0.15, 0.2) is 18.9 Å². The van der Waals surface area contributed by atoms with Gasteiger partial charge in [0.1, 0.15) is 73.2 Å². The third kappa shape index (κ3) is 50.9. The Balaban J connectivity index is 1.31. The molecule has 19 heteroatoms. The molecule has 0 spiro atoms. The van der Waals surface area contributed by atoms with Crippen molar-refractivity contribution in [2.24, 2.45) is 0 Å². The van der Waals surface area contributed by atoms with Crippen LogP contribution >= 0.6 is 0 Å². The number of amides is 1. The molecule has 12 N–H and O–H groups in total. The first-order valence-electron chi connectivity index (χ1n) is 45.6. The molecule has 1 amide bonds. The largest absolute Gasteiger partial charge is 0.394 e. The molecule has 17 atom stereocenters. The average molecular weight is 1600 g/mol. The van der Waals surface area contributed by atoms with Gasteiger partial charge in [0.2, 0.25) is 5.91 Å². The fourth-order valence-corrected chi connectivity index (χ4v) is 14.9. The Morgan fingerprint density at radius 1 is 0.327 bits per heavy atom. The monoisotopic (exact) mass is 1600 g/mol. The number of hydrogen-bond donors (Lipinski definition) is 12. The molecule has 113 heavy (non-hydrogen) atoms. The minimum atomic E-state index is -1.98. The highest BCUT2D eigenvalue weighted by molar-refractivity contribution is 5.76. The van der Waals surface area contributed by atoms with Gasteiger partial charge in [-0.05, 0) is 83.5 Å². The summed E-state index contributed by atoms with van der Waals surface area (Å²) in [6, 6.07) is -0.980. The van der Waals surface area contributed by atoms with Crippen LogP contribution in [0.25, 0.3) is 0 Å². The summed E-state index contributed by atoms with van der Waals surface area (Å²) in [6.07, 6.45) is 75.1. The summed E-state index contributed by atoms with van der Waals surface area (Å²) in [6.45, 7) is 1.66. The normalized spacial score (nSPS) is 25.3. The van der Waals surface area contributed by atoms with Crippen molar-refractivity contribution in [3.8, 4) is 0 Å². The molecule has 3 fully saturated rings. The summed E-state index contributed by atoms with van der Waals surface area (Å²) in [5, 5.41) is 121. The van der Waals surface area contributed by atoms with E-state index in [2.05, 4.69) is 116 Å². The van der Waals surface area contributed by atoms with Crippen LogP contribution in [0.15, 0.2) is 109 Å². The number of aliphatic hydroxyl groups excluding tert-OH is 11. The highest BCUT2D eigenvalue weighted by Gasteiger charge is 2.54. The standard InChI is InChI=1S/C94H165NO18/c1-3-5-7-9-11-13-15-17-19-21-23-25-27-29-31-32-33-34-35-36-37-38-39-40-41-42-43-44-46-48-50-52-54-56-58-60-62-64-66-68-70-72-82(100)95-77(78(99)71-69-67-65-63-61-59-57-55-53-51-49-47-45-30-28-26-24-22-20-18-16-14-12-10-8-6-4-2)76-108-92-88(106)85(103)90(80(74-97)110-92)113-94-89(107)86(104)91(81(75-98)111-94)112-93-87(105)84(102)83(101)79(73-96)109-93/h5,7,11,13,17,19,23,25,29,31,33-34,36-37,39-40,69,71,77-81,83-94,96-99,101-107H,3-4,6,8-10,12,14-16,18,20-22,24,26-28,30,32,35,38,41-68,70,72-76H2,1-2H3,(H,95,100)/b7-5-,13-11-,19-17-,25-23-,31-29-,34-33-,37-36-,40-39-,71-69+. The van der Waals surface area contributed by atoms with Crippen molar-refractivity contribution < 1.29 is 89.4 Å². The van der Waals surface area contributed by atoms with Gasteiger partial charge in [-0.2, -0.15) is 0 Å². The third-order valence-corrected chi connectivity index (χ3v) is 22.1. The van der Waals surface area contributed by atoms with E-state index in [1.807, 2.05) is 6.08 Å². The zero-order valence-electron chi connectivity index (χ0n) is 70.6. The molecule has 3 saturated heterocycles. The van der Waals surface area contributed by atoms with E-state index in [0.717, 1.165) is 96.3 Å². The highest BCUT2D eigenvalue weighted by Crippen LogP contribution is 2.33. The lowest BCUT2D eigenvalue weighted by atomic mass is 9.96. The van der Waals surface area contributed by atoms with E-state index >= 15 is 0 Å². The fourth-order valence-electron chi connectivity index (χ4n) is 14.9. The first-order valence-corrected chi connectivity index (χ1v) is 45.6. The van der Waals surface area contributed by atoms with Gasteiger partial charge >= 0.3 is 0 Å². The predicted octanol–water partition coefficient (Wildman–Crippen LogP) is 17.6. The quantitative estimate of drug-likeness (QED) is 0.0199. The van der Waals surface area contributed by atoms with Crippen LogP contribution in [0.1, 0.15) is 348 Å². The summed E-state index contributed by atoms with van der Waals surface area (Å²) in [5.74, 6) is -0.274. The molecule has 0 aliphatic carbocycles. The SMILES string of the molecule is CC/C=C\C/C=C\C/C=C\C/C=C\C/C=C\C/C=C\C/C=C\C/C=C\CCCCCCCCCCCCCCCCCCC(=O)NC(COC1OC(CO)C(OC2OC(CO)C(OC3OC(CO)C(O)C(O)C3O)C(O)C2O)C(O)C1O)C(O)/C=C/CCCCCCCCCCCCCCCCCCCCCCCCCCC. The number of carbonyl (C=O) groups is 1. The number of ether oxygens (including phenoxy) is 6.